The summed E-state index contributed by atoms with van der Waals surface area (Å²) >= 11 is 0. The van der Waals surface area contributed by atoms with Gasteiger partial charge in [0.25, 0.3) is 5.91 Å². The summed E-state index contributed by atoms with van der Waals surface area (Å²) in [6.45, 7) is 3.95. The Morgan fingerprint density at radius 2 is 2.06 bits per heavy atom. The molecule has 0 saturated carbocycles. The predicted octanol–water partition coefficient (Wildman–Crippen LogP) is 1.82. The van der Waals surface area contributed by atoms with Gasteiger partial charge in [-0.1, -0.05) is 0 Å². The van der Waals surface area contributed by atoms with Crippen LogP contribution in [0.25, 0.3) is 0 Å². The summed E-state index contributed by atoms with van der Waals surface area (Å²) in [4.78, 5) is 11.7. The highest BCUT2D eigenvalue weighted by Crippen LogP contribution is 2.13. The summed E-state index contributed by atoms with van der Waals surface area (Å²) in [5.74, 6) is -2.03. The number of hydrogen-bond acceptors (Lipinski definition) is 2. The third-order valence-electron chi connectivity index (χ3n) is 2.39. The zero-order valence-corrected chi connectivity index (χ0v) is 9.89. The van der Waals surface area contributed by atoms with Gasteiger partial charge in [0, 0.05) is 5.54 Å². The van der Waals surface area contributed by atoms with Gasteiger partial charge < -0.3 is 11.1 Å². The molecule has 0 bridgehead atoms. The largest absolute Gasteiger partial charge is 0.347 e. The Hall–Kier alpha value is -1.49. The van der Waals surface area contributed by atoms with Crippen LogP contribution in [0.1, 0.15) is 30.6 Å². The van der Waals surface area contributed by atoms with Gasteiger partial charge in [-0.25, -0.2) is 8.78 Å². The Morgan fingerprint density at radius 3 is 2.65 bits per heavy atom. The van der Waals surface area contributed by atoms with E-state index in [0.29, 0.717) is 13.0 Å². The van der Waals surface area contributed by atoms with Crippen molar-refractivity contribution in [2.45, 2.75) is 25.8 Å². The number of carbonyl (C=O) groups excluding carboxylic acids is 1. The number of nitrogens with two attached hydrogens (primary N) is 1. The molecule has 0 spiro atoms. The molecule has 0 aliphatic carbocycles. The lowest BCUT2D eigenvalue weighted by Gasteiger charge is -2.25. The highest BCUT2D eigenvalue weighted by Gasteiger charge is 2.22. The first-order valence-electron chi connectivity index (χ1n) is 5.33. The van der Waals surface area contributed by atoms with Gasteiger partial charge >= 0.3 is 0 Å². The van der Waals surface area contributed by atoms with E-state index in [0.717, 1.165) is 18.2 Å². The van der Waals surface area contributed by atoms with Crippen molar-refractivity contribution in [2.24, 2.45) is 5.73 Å². The second-order valence-corrected chi connectivity index (χ2v) is 4.50. The molecule has 17 heavy (non-hydrogen) atoms. The molecule has 0 radical (unpaired) electrons. The fraction of sp³-hybridized carbons (Fsp3) is 0.417. The van der Waals surface area contributed by atoms with Crippen LogP contribution in [-0.2, 0) is 0 Å². The zero-order chi connectivity index (χ0) is 13.1. The summed E-state index contributed by atoms with van der Waals surface area (Å²) in [5, 5.41) is 2.62. The Kier molecular flexibility index (Phi) is 4.17. The summed E-state index contributed by atoms with van der Waals surface area (Å²) in [7, 11) is 0. The maximum atomic E-state index is 13.3. The Bertz CT molecular complexity index is 419. The van der Waals surface area contributed by atoms with E-state index in [4.69, 9.17) is 5.73 Å². The Balaban J connectivity index is 2.86. The van der Waals surface area contributed by atoms with Gasteiger partial charge in [-0.2, -0.15) is 0 Å². The van der Waals surface area contributed by atoms with E-state index in [1.54, 1.807) is 13.8 Å². The van der Waals surface area contributed by atoms with Gasteiger partial charge in [0.05, 0.1) is 5.56 Å². The molecule has 1 aromatic rings. The molecule has 1 aromatic carbocycles. The average Bonchev–Trinajstić information content (AvgIpc) is 2.20. The molecule has 1 amide bonds. The topological polar surface area (TPSA) is 55.1 Å². The van der Waals surface area contributed by atoms with Gasteiger partial charge in [-0.3, -0.25) is 4.79 Å². The fourth-order valence-corrected chi connectivity index (χ4v) is 1.47. The third kappa shape index (κ3) is 3.78. The van der Waals surface area contributed by atoms with Gasteiger partial charge in [-0.15, -0.1) is 0 Å². The molecule has 0 aliphatic rings. The van der Waals surface area contributed by atoms with Crippen molar-refractivity contribution in [3.63, 3.8) is 0 Å². The molecule has 0 atom stereocenters. The first-order valence-corrected chi connectivity index (χ1v) is 5.33. The second-order valence-electron chi connectivity index (χ2n) is 4.50. The molecule has 3 nitrogen and oxygen atoms in total. The van der Waals surface area contributed by atoms with Crippen LogP contribution in [0.3, 0.4) is 0 Å². The van der Waals surface area contributed by atoms with Crippen LogP contribution in [0.4, 0.5) is 8.78 Å². The van der Waals surface area contributed by atoms with Gasteiger partial charge in [0.2, 0.25) is 0 Å². The predicted molar refractivity (Wildman–Crippen MR) is 61.6 cm³/mol. The smallest absolute Gasteiger partial charge is 0.254 e. The van der Waals surface area contributed by atoms with Crippen molar-refractivity contribution in [1.82, 2.24) is 5.32 Å². The van der Waals surface area contributed by atoms with Crippen LogP contribution in [0.2, 0.25) is 0 Å². The van der Waals surface area contributed by atoms with E-state index < -0.39 is 23.1 Å². The lowest BCUT2D eigenvalue weighted by atomic mass is 10.00. The van der Waals surface area contributed by atoms with Crippen molar-refractivity contribution in [3.05, 3.63) is 35.4 Å². The van der Waals surface area contributed by atoms with Crippen LogP contribution < -0.4 is 11.1 Å². The first-order chi connectivity index (χ1) is 7.85. The lowest BCUT2D eigenvalue weighted by Crippen LogP contribution is -2.45. The quantitative estimate of drug-likeness (QED) is 0.846. The van der Waals surface area contributed by atoms with Crippen molar-refractivity contribution < 1.29 is 13.6 Å². The molecular formula is C12H16F2N2O. The highest BCUT2D eigenvalue weighted by atomic mass is 19.1. The minimum absolute atomic E-state index is 0.296. The van der Waals surface area contributed by atoms with Gasteiger partial charge in [0.15, 0.2) is 0 Å². The fourth-order valence-electron chi connectivity index (χ4n) is 1.47. The van der Waals surface area contributed by atoms with E-state index >= 15 is 0 Å². The van der Waals surface area contributed by atoms with Crippen LogP contribution >= 0.6 is 0 Å². The molecule has 0 aromatic heterocycles. The lowest BCUT2D eigenvalue weighted by molar-refractivity contribution is 0.0905. The number of hydrogen-bond donors (Lipinski definition) is 2. The standard InChI is InChI=1S/C12H16F2N2O/c1-12(2,5-6-15)16-11(17)9-7-8(13)3-4-10(9)14/h3-4,7H,5-6,15H2,1-2H3,(H,16,17). The van der Waals surface area contributed by atoms with Crippen molar-refractivity contribution in [2.75, 3.05) is 6.54 Å². The number of amides is 1. The van der Waals surface area contributed by atoms with Crippen molar-refractivity contribution in [1.29, 1.82) is 0 Å². The Labute approximate surface area is 99.0 Å². The monoisotopic (exact) mass is 242 g/mol. The molecule has 94 valence electrons. The highest BCUT2D eigenvalue weighted by molar-refractivity contribution is 5.94. The summed E-state index contributed by atoms with van der Waals surface area (Å²) < 4.78 is 26.3. The molecule has 3 N–H and O–H groups in total. The van der Waals surface area contributed by atoms with Crippen LogP contribution in [0.5, 0.6) is 0 Å². The van der Waals surface area contributed by atoms with Gasteiger partial charge in [-0.05, 0) is 45.0 Å². The van der Waals surface area contributed by atoms with E-state index in [2.05, 4.69) is 5.32 Å². The normalized spacial score (nSPS) is 11.4. The van der Waals surface area contributed by atoms with Crippen LogP contribution in [-0.4, -0.2) is 18.0 Å². The molecule has 5 heteroatoms. The van der Waals surface area contributed by atoms with Crippen LogP contribution in [0, 0.1) is 11.6 Å². The molecular weight excluding hydrogens is 226 g/mol. The number of carbonyl (C=O) groups is 1. The van der Waals surface area contributed by atoms with E-state index in [1.807, 2.05) is 0 Å². The first kappa shape index (κ1) is 13.6. The molecule has 0 unspecified atom stereocenters. The van der Waals surface area contributed by atoms with E-state index in [-0.39, 0.29) is 5.56 Å². The molecule has 1 rings (SSSR count). The maximum absolute atomic E-state index is 13.3. The third-order valence-corrected chi connectivity index (χ3v) is 2.39. The summed E-state index contributed by atoms with van der Waals surface area (Å²) in [6.07, 6.45) is 0.551. The SMILES string of the molecule is CC(C)(CCN)NC(=O)c1cc(F)ccc1F. The van der Waals surface area contributed by atoms with Gasteiger partial charge in [0.1, 0.15) is 11.6 Å². The van der Waals surface area contributed by atoms with Crippen molar-refractivity contribution in [3.8, 4) is 0 Å². The number of benzene rings is 1. The minimum atomic E-state index is -0.743. The number of nitrogens with one attached hydrogen (secondary N) is 1. The molecule has 0 fully saturated rings. The summed E-state index contributed by atoms with van der Waals surface area (Å²) in [6, 6.07) is 2.78. The molecule has 0 saturated heterocycles. The zero-order valence-electron chi connectivity index (χ0n) is 9.89. The molecule has 0 aliphatic heterocycles. The maximum Gasteiger partial charge on any atom is 0.254 e. The minimum Gasteiger partial charge on any atom is -0.347 e. The number of halogens is 2. The summed E-state index contributed by atoms with van der Waals surface area (Å²) in [5.41, 5.74) is 4.55. The van der Waals surface area contributed by atoms with Crippen molar-refractivity contribution >= 4 is 5.91 Å². The van der Waals surface area contributed by atoms with E-state index in [1.165, 1.54) is 0 Å². The number of rotatable bonds is 4. The second kappa shape index (κ2) is 5.23. The average molecular weight is 242 g/mol. The Morgan fingerprint density at radius 1 is 1.41 bits per heavy atom. The molecule has 0 heterocycles. The van der Waals surface area contributed by atoms with Crippen LogP contribution in [0.15, 0.2) is 18.2 Å². The van der Waals surface area contributed by atoms with E-state index in [9.17, 15) is 13.6 Å².